The van der Waals surface area contributed by atoms with E-state index < -0.39 is 16.1 Å². The molecule has 1 amide bonds. The molecule has 1 fully saturated rings. The van der Waals surface area contributed by atoms with Gasteiger partial charge in [0.1, 0.15) is 0 Å². The summed E-state index contributed by atoms with van der Waals surface area (Å²) >= 11 is 0. The molecule has 7 heteroatoms. The Hall–Kier alpha value is -1.44. The van der Waals surface area contributed by atoms with Gasteiger partial charge in [0.25, 0.3) is 5.91 Å². The van der Waals surface area contributed by atoms with E-state index in [1.54, 1.807) is 18.2 Å². The number of amides is 1. The van der Waals surface area contributed by atoms with Crippen molar-refractivity contribution in [2.75, 3.05) is 26.3 Å². The molecule has 1 heterocycles. The predicted octanol–water partition coefficient (Wildman–Crippen LogP) is 0.00820. The number of nitrogens with zero attached hydrogens (tertiary/aromatic N) is 2. The Morgan fingerprint density at radius 2 is 1.78 bits per heavy atom. The summed E-state index contributed by atoms with van der Waals surface area (Å²) in [5.41, 5.74) is 0.259. The zero-order valence-corrected chi connectivity index (χ0v) is 10.5. The van der Waals surface area contributed by atoms with Gasteiger partial charge in [-0.15, -0.1) is 4.72 Å². The molecule has 97 valence electrons. The topological polar surface area (TPSA) is 77.8 Å². The lowest BCUT2D eigenvalue weighted by molar-refractivity contribution is 0.0718. The van der Waals surface area contributed by atoms with Crippen LogP contribution in [0.5, 0.6) is 0 Å². The monoisotopic (exact) mass is 269 g/mol. The highest BCUT2D eigenvalue weighted by Gasteiger charge is 2.28. The molecule has 6 nitrogen and oxygen atoms in total. The fourth-order valence-electron chi connectivity index (χ4n) is 1.57. The highest BCUT2D eigenvalue weighted by Crippen LogP contribution is 2.06. The fourth-order valence-corrected chi connectivity index (χ4v) is 2.61. The standard InChI is InChI=1S/C11H13N2O4S/c14-11(10-4-2-1-3-5-10)12-18(15,16)13-6-8-17-9-7-13/h1-5H,6-9H2. The maximum atomic E-state index is 11.9. The summed E-state index contributed by atoms with van der Waals surface area (Å²) < 4.78 is 33.2. The van der Waals surface area contributed by atoms with Gasteiger partial charge in [0.2, 0.25) is 0 Å². The van der Waals surface area contributed by atoms with E-state index in [4.69, 9.17) is 4.74 Å². The number of morpholine rings is 1. The van der Waals surface area contributed by atoms with Gasteiger partial charge >= 0.3 is 10.2 Å². The molecule has 1 saturated heterocycles. The van der Waals surface area contributed by atoms with E-state index in [0.29, 0.717) is 13.2 Å². The normalized spacial score (nSPS) is 17.3. The van der Waals surface area contributed by atoms with E-state index >= 15 is 0 Å². The molecule has 1 aliphatic heterocycles. The molecule has 1 radical (unpaired) electrons. The van der Waals surface area contributed by atoms with E-state index in [1.807, 2.05) is 0 Å². The Morgan fingerprint density at radius 3 is 2.39 bits per heavy atom. The third kappa shape index (κ3) is 3.06. The smallest absolute Gasteiger partial charge is 0.325 e. The number of hydrogen-bond donors (Lipinski definition) is 0. The van der Waals surface area contributed by atoms with Crippen LogP contribution in [0, 0.1) is 0 Å². The van der Waals surface area contributed by atoms with Crippen molar-refractivity contribution in [2.45, 2.75) is 0 Å². The van der Waals surface area contributed by atoms with Crippen LogP contribution < -0.4 is 4.72 Å². The molecule has 1 aromatic rings. The summed E-state index contributed by atoms with van der Waals surface area (Å²) in [4.78, 5) is 11.7. The van der Waals surface area contributed by atoms with Crippen molar-refractivity contribution >= 4 is 16.1 Å². The molecule has 0 atom stereocenters. The molecule has 2 rings (SSSR count). The van der Waals surface area contributed by atoms with Gasteiger partial charge < -0.3 is 4.74 Å². The second-order valence-electron chi connectivity index (χ2n) is 3.75. The first-order valence-electron chi connectivity index (χ1n) is 5.50. The number of ether oxygens (including phenoxy) is 1. The first-order chi connectivity index (χ1) is 8.59. The predicted molar refractivity (Wildman–Crippen MR) is 64.2 cm³/mol. The van der Waals surface area contributed by atoms with Gasteiger partial charge in [-0.3, -0.25) is 4.79 Å². The van der Waals surface area contributed by atoms with E-state index in [2.05, 4.69) is 4.72 Å². The molecule has 0 aromatic heterocycles. The van der Waals surface area contributed by atoms with Crippen LogP contribution in [-0.2, 0) is 14.9 Å². The lowest BCUT2D eigenvalue weighted by Crippen LogP contribution is -2.45. The zero-order chi connectivity index (χ0) is 13.0. The largest absolute Gasteiger partial charge is 0.379 e. The molecule has 0 aliphatic carbocycles. The number of rotatable bonds is 3. The zero-order valence-electron chi connectivity index (χ0n) is 9.65. The van der Waals surface area contributed by atoms with E-state index in [0.717, 1.165) is 4.31 Å². The number of carbonyl (C=O) groups is 1. The summed E-state index contributed by atoms with van der Waals surface area (Å²) in [6, 6.07) is 8.11. The first-order valence-corrected chi connectivity index (χ1v) is 6.89. The first kappa shape index (κ1) is 13.0. The molecule has 0 spiro atoms. The summed E-state index contributed by atoms with van der Waals surface area (Å²) in [6.45, 7) is 1.12. The van der Waals surface area contributed by atoms with Gasteiger partial charge in [0.05, 0.1) is 13.2 Å². The van der Waals surface area contributed by atoms with Crippen molar-refractivity contribution in [1.29, 1.82) is 0 Å². The molecule has 0 saturated carbocycles. The van der Waals surface area contributed by atoms with Crippen LogP contribution in [0.3, 0.4) is 0 Å². The van der Waals surface area contributed by atoms with Crippen LogP contribution in [0.25, 0.3) is 0 Å². The molecule has 1 aliphatic rings. The Balaban J connectivity index is 2.06. The van der Waals surface area contributed by atoms with Gasteiger partial charge in [-0.2, -0.15) is 12.7 Å². The third-order valence-corrected chi connectivity index (χ3v) is 3.93. The molecule has 1 aromatic carbocycles. The van der Waals surface area contributed by atoms with Crippen LogP contribution in [0.2, 0.25) is 0 Å². The molecule has 0 bridgehead atoms. The lowest BCUT2D eigenvalue weighted by Gasteiger charge is -2.24. The van der Waals surface area contributed by atoms with Crippen LogP contribution in [0.1, 0.15) is 10.4 Å². The van der Waals surface area contributed by atoms with Crippen molar-refractivity contribution in [2.24, 2.45) is 0 Å². The Morgan fingerprint density at radius 1 is 1.17 bits per heavy atom. The Labute approximate surface area is 106 Å². The maximum absolute atomic E-state index is 11.9. The van der Waals surface area contributed by atoms with E-state index in [1.165, 1.54) is 12.1 Å². The number of hydrogen-bond acceptors (Lipinski definition) is 4. The van der Waals surface area contributed by atoms with Crippen LogP contribution in [-0.4, -0.2) is 44.9 Å². The van der Waals surface area contributed by atoms with Crippen molar-refractivity contribution in [3.8, 4) is 0 Å². The van der Waals surface area contributed by atoms with E-state index in [9.17, 15) is 13.2 Å². The lowest BCUT2D eigenvalue weighted by atomic mass is 10.2. The minimum atomic E-state index is -3.90. The number of benzene rings is 1. The summed E-state index contributed by atoms with van der Waals surface area (Å²) in [5.74, 6) is -0.748. The van der Waals surface area contributed by atoms with Gasteiger partial charge in [-0.1, -0.05) is 18.2 Å². The fraction of sp³-hybridized carbons (Fsp3) is 0.364. The van der Waals surface area contributed by atoms with Crippen molar-refractivity contribution in [3.63, 3.8) is 0 Å². The summed E-state index contributed by atoms with van der Waals surface area (Å²) in [6.07, 6.45) is 0. The molecule has 18 heavy (non-hydrogen) atoms. The SMILES string of the molecule is O=C([N]S(=O)(=O)N1CCOCC1)c1ccccc1. The third-order valence-electron chi connectivity index (χ3n) is 2.52. The van der Waals surface area contributed by atoms with Gasteiger partial charge in [0.15, 0.2) is 0 Å². The van der Waals surface area contributed by atoms with Crippen LogP contribution in [0.15, 0.2) is 30.3 Å². The van der Waals surface area contributed by atoms with Gasteiger partial charge in [0, 0.05) is 18.7 Å². The number of carbonyl (C=O) groups excluding carboxylic acids is 1. The second kappa shape index (κ2) is 5.47. The maximum Gasteiger partial charge on any atom is 0.325 e. The highest BCUT2D eigenvalue weighted by atomic mass is 32.2. The van der Waals surface area contributed by atoms with Crippen molar-refractivity contribution < 1.29 is 17.9 Å². The summed E-state index contributed by atoms with van der Waals surface area (Å²) in [5, 5.41) is 0. The quantitative estimate of drug-likeness (QED) is 0.774. The Kier molecular flexibility index (Phi) is 3.95. The average molecular weight is 269 g/mol. The van der Waals surface area contributed by atoms with Crippen LogP contribution in [0.4, 0.5) is 0 Å². The minimum Gasteiger partial charge on any atom is -0.379 e. The molecular weight excluding hydrogens is 256 g/mol. The van der Waals surface area contributed by atoms with Gasteiger partial charge in [-0.25, -0.2) is 0 Å². The molecule has 0 unspecified atom stereocenters. The minimum absolute atomic E-state index is 0.230. The average Bonchev–Trinajstić information content (AvgIpc) is 2.40. The van der Waals surface area contributed by atoms with Crippen molar-refractivity contribution in [1.82, 2.24) is 9.03 Å². The summed E-state index contributed by atoms with van der Waals surface area (Å²) in [7, 11) is -3.90. The van der Waals surface area contributed by atoms with Gasteiger partial charge in [-0.05, 0) is 12.1 Å². The van der Waals surface area contributed by atoms with Crippen LogP contribution >= 0.6 is 0 Å². The molecule has 0 N–H and O–H groups in total. The Bertz CT molecular complexity index is 509. The molecular formula is C11H13N2O4S. The van der Waals surface area contributed by atoms with E-state index in [-0.39, 0.29) is 18.7 Å². The highest BCUT2D eigenvalue weighted by molar-refractivity contribution is 7.87. The van der Waals surface area contributed by atoms with Crippen molar-refractivity contribution in [3.05, 3.63) is 35.9 Å². The second-order valence-corrected chi connectivity index (χ2v) is 5.35.